The van der Waals surface area contributed by atoms with Gasteiger partial charge in [0.15, 0.2) is 6.29 Å². The first-order valence-electron chi connectivity index (χ1n) is 12.2. The topological polar surface area (TPSA) is 18.5 Å². The molecule has 0 spiro atoms. The summed E-state index contributed by atoms with van der Waals surface area (Å²) in [6.07, 6.45) is 19.6. The molecule has 2 aliphatic carbocycles. The summed E-state index contributed by atoms with van der Waals surface area (Å²) in [6, 6.07) is 0. The van der Waals surface area contributed by atoms with E-state index in [0.717, 1.165) is 69.5 Å². The zero-order valence-corrected chi connectivity index (χ0v) is 18.5. The van der Waals surface area contributed by atoms with Gasteiger partial charge in [-0.15, -0.1) is 6.58 Å². The number of ether oxygens (including phenoxy) is 2. The molecular formula is C26H40F2O2. The van der Waals surface area contributed by atoms with E-state index < -0.39 is 6.08 Å². The predicted molar refractivity (Wildman–Crippen MR) is 118 cm³/mol. The molecule has 1 aliphatic heterocycles. The summed E-state index contributed by atoms with van der Waals surface area (Å²) in [5.41, 5.74) is 0. The fourth-order valence-corrected chi connectivity index (χ4v) is 5.64. The van der Waals surface area contributed by atoms with Gasteiger partial charge in [-0.1, -0.05) is 31.4 Å². The van der Waals surface area contributed by atoms with Crippen LogP contribution in [-0.2, 0) is 9.47 Å². The number of hydrogen-bond acceptors (Lipinski definition) is 2. The maximum absolute atomic E-state index is 12.5. The lowest BCUT2D eigenvalue weighted by Crippen LogP contribution is -2.31. The highest BCUT2D eigenvalue weighted by atomic mass is 19.3. The van der Waals surface area contributed by atoms with E-state index in [-0.39, 0.29) is 12.2 Å². The molecule has 1 saturated heterocycles. The van der Waals surface area contributed by atoms with Gasteiger partial charge in [0.2, 0.25) is 0 Å². The van der Waals surface area contributed by atoms with Crippen molar-refractivity contribution < 1.29 is 18.3 Å². The quantitative estimate of drug-likeness (QED) is 0.280. The third-order valence-corrected chi connectivity index (χ3v) is 7.54. The minimum Gasteiger partial charge on any atom is -0.349 e. The number of unbranched alkanes of at least 4 members (excludes halogenated alkanes) is 1. The maximum Gasteiger partial charge on any atom is 0.266 e. The fourth-order valence-electron chi connectivity index (χ4n) is 5.64. The highest BCUT2D eigenvalue weighted by Crippen LogP contribution is 2.43. The molecule has 2 saturated carbocycles. The molecule has 3 fully saturated rings. The molecular weight excluding hydrogens is 382 g/mol. The molecule has 3 aliphatic rings. The Hall–Kier alpha value is -1.00. The van der Waals surface area contributed by atoms with Crippen molar-refractivity contribution in [3.8, 4) is 0 Å². The first-order valence-corrected chi connectivity index (χ1v) is 12.2. The van der Waals surface area contributed by atoms with Gasteiger partial charge in [0, 0.05) is 5.92 Å². The Balaban J connectivity index is 1.27. The van der Waals surface area contributed by atoms with Gasteiger partial charge >= 0.3 is 0 Å². The monoisotopic (exact) mass is 422 g/mol. The second-order valence-electron chi connectivity index (χ2n) is 9.68. The molecule has 2 nitrogen and oxygen atoms in total. The SMILES string of the molecule is C=CCC/C=C/C1OCC(CCC2CCC(C3CCC(C=C(F)F)CC3)CC2)CO1. The van der Waals surface area contributed by atoms with Crippen molar-refractivity contribution in [2.45, 2.75) is 83.3 Å². The van der Waals surface area contributed by atoms with Crippen LogP contribution in [0.25, 0.3) is 0 Å². The molecule has 170 valence electrons. The second-order valence-corrected chi connectivity index (χ2v) is 9.68. The van der Waals surface area contributed by atoms with Crippen LogP contribution in [0.4, 0.5) is 8.78 Å². The van der Waals surface area contributed by atoms with E-state index >= 15 is 0 Å². The number of halogens is 2. The van der Waals surface area contributed by atoms with Gasteiger partial charge in [0.25, 0.3) is 6.08 Å². The summed E-state index contributed by atoms with van der Waals surface area (Å²) in [5, 5.41) is 0. The third-order valence-electron chi connectivity index (χ3n) is 7.54. The van der Waals surface area contributed by atoms with Crippen molar-refractivity contribution in [2.75, 3.05) is 13.2 Å². The number of hydrogen-bond donors (Lipinski definition) is 0. The molecule has 0 aromatic heterocycles. The molecule has 30 heavy (non-hydrogen) atoms. The molecule has 0 amide bonds. The normalized spacial score (nSPS) is 35.3. The number of rotatable bonds is 9. The first-order chi connectivity index (χ1) is 14.6. The third kappa shape index (κ3) is 7.92. The molecule has 0 N–H and O–H groups in total. The van der Waals surface area contributed by atoms with Crippen LogP contribution in [0.5, 0.6) is 0 Å². The summed E-state index contributed by atoms with van der Waals surface area (Å²) >= 11 is 0. The average molecular weight is 423 g/mol. The Labute approximate surface area is 181 Å². The Morgan fingerprint density at radius 1 is 0.800 bits per heavy atom. The first kappa shape index (κ1) is 23.7. The van der Waals surface area contributed by atoms with Gasteiger partial charge in [-0.2, -0.15) is 8.78 Å². The Morgan fingerprint density at radius 3 is 2.00 bits per heavy atom. The van der Waals surface area contributed by atoms with Gasteiger partial charge in [0.1, 0.15) is 0 Å². The van der Waals surface area contributed by atoms with Crippen molar-refractivity contribution in [1.82, 2.24) is 0 Å². The van der Waals surface area contributed by atoms with E-state index in [1.807, 2.05) is 12.2 Å². The zero-order valence-electron chi connectivity index (χ0n) is 18.5. The van der Waals surface area contributed by atoms with Gasteiger partial charge in [-0.3, -0.25) is 0 Å². The molecule has 4 heteroatoms. The fraction of sp³-hybridized carbons (Fsp3) is 0.769. The van der Waals surface area contributed by atoms with Crippen molar-refractivity contribution in [2.24, 2.45) is 29.6 Å². The van der Waals surface area contributed by atoms with Crippen molar-refractivity contribution in [3.63, 3.8) is 0 Å². The summed E-state index contributed by atoms with van der Waals surface area (Å²) < 4.78 is 36.6. The molecule has 0 aromatic carbocycles. The van der Waals surface area contributed by atoms with Crippen LogP contribution >= 0.6 is 0 Å². The molecule has 0 radical (unpaired) electrons. The van der Waals surface area contributed by atoms with E-state index in [1.54, 1.807) is 0 Å². The van der Waals surface area contributed by atoms with Crippen LogP contribution in [0.3, 0.4) is 0 Å². The minimum absolute atomic E-state index is 0.116. The highest BCUT2D eigenvalue weighted by molar-refractivity contribution is 4.92. The molecule has 1 heterocycles. The second kappa shape index (κ2) is 12.8. The van der Waals surface area contributed by atoms with Gasteiger partial charge in [-0.05, 0) is 93.6 Å². The van der Waals surface area contributed by atoms with E-state index in [0.29, 0.717) is 5.92 Å². The lowest BCUT2D eigenvalue weighted by molar-refractivity contribution is -0.176. The largest absolute Gasteiger partial charge is 0.349 e. The lowest BCUT2D eigenvalue weighted by Gasteiger charge is -2.37. The predicted octanol–water partition coefficient (Wildman–Crippen LogP) is 7.67. The Kier molecular flexibility index (Phi) is 10.1. The summed E-state index contributed by atoms with van der Waals surface area (Å²) in [4.78, 5) is 0. The van der Waals surface area contributed by atoms with Crippen LogP contribution in [-0.4, -0.2) is 19.5 Å². The zero-order chi connectivity index (χ0) is 21.2. The van der Waals surface area contributed by atoms with E-state index in [1.165, 1.54) is 44.6 Å². The van der Waals surface area contributed by atoms with Crippen LogP contribution in [0.2, 0.25) is 0 Å². The van der Waals surface area contributed by atoms with Crippen LogP contribution < -0.4 is 0 Å². The number of allylic oxidation sites excluding steroid dienone is 3. The van der Waals surface area contributed by atoms with E-state index in [2.05, 4.69) is 12.7 Å². The summed E-state index contributed by atoms with van der Waals surface area (Å²) in [7, 11) is 0. The van der Waals surface area contributed by atoms with Crippen molar-refractivity contribution in [1.29, 1.82) is 0 Å². The molecule has 0 aromatic rings. The van der Waals surface area contributed by atoms with Gasteiger partial charge in [0.05, 0.1) is 13.2 Å². The summed E-state index contributed by atoms with van der Waals surface area (Å²) in [5.74, 6) is 3.09. The minimum atomic E-state index is -1.50. The maximum atomic E-state index is 12.5. The van der Waals surface area contributed by atoms with Crippen LogP contribution in [0.1, 0.15) is 77.0 Å². The van der Waals surface area contributed by atoms with Crippen molar-refractivity contribution in [3.05, 3.63) is 37.0 Å². The average Bonchev–Trinajstić information content (AvgIpc) is 2.77. The summed E-state index contributed by atoms with van der Waals surface area (Å²) in [6.45, 7) is 5.35. The standard InChI is InChI=1S/C26H40F2O2/c1-2-3-4-5-6-26-29-18-22(19-30-26)8-7-20-9-13-23(14-10-20)24-15-11-21(12-16-24)17-25(27)28/h2,5-6,17,20-24,26H,1,3-4,7-16,18-19H2/b6-5+. The molecule has 0 bridgehead atoms. The van der Waals surface area contributed by atoms with E-state index in [9.17, 15) is 8.78 Å². The van der Waals surface area contributed by atoms with Crippen LogP contribution in [0, 0.1) is 29.6 Å². The Morgan fingerprint density at radius 2 is 1.40 bits per heavy atom. The Bertz CT molecular complexity index is 545. The van der Waals surface area contributed by atoms with Gasteiger partial charge < -0.3 is 9.47 Å². The molecule has 3 rings (SSSR count). The highest BCUT2D eigenvalue weighted by Gasteiger charge is 2.31. The molecule has 0 atom stereocenters. The van der Waals surface area contributed by atoms with E-state index in [4.69, 9.17) is 9.47 Å². The molecule has 0 unspecified atom stereocenters. The lowest BCUT2D eigenvalue weighted by atomic mass is 9.68. The van der Waals surface area contributed by atoms with Gasteiger partial charge in [-0.25, -0.2) is 0 Å². The van der Waals surface area contributed by atoms with Crippen molar-refractivity contribution >= 4 is 0 Å². The smallest absolute Gasteiger partial charge is 0.266 e. The van der Waals surface area contributed by atoms with Crippen LogP contribution in [0.15, 0.2) is 37.0 Å².